The Labute approximate surface area is 127 Å². The fourth-order valence-corrected chi connectivity index (χ4v) is 2.43. The Bertz CT molecular complexity index is 472. The molecule has 5 heteroatoms. The molecule has 1 atom stereocenters. The molecule has 1 aliphatic rings. The average molecular weight is 292 g/mol. The van der Waals surface area contributed by atoms with E-state index in [1.807, 2.05) is 6.92 Å². The number of aliphatic hydroxyl groups excluding tert-OH is 1. The number of aliphatic hydroxyl groups is 1. The second-order valence-corrected chi connectivity index (χ2v) is 6.22. The van der Waals surface area contributed by atoms with Crippen molar-refractivity contribution in [2.45, 2.75) is 58.9 Å². The smallest absolute Gasteiger partial charge is 0.136 e. The molecule has 5 nitrogen and oxygen atoms in total. The molecule has 1 saturated carbocycles. The molecule has 1 aromatic heterocycles. The fourth-order valence-electron chi connectivity index (χ4n) is 2.43. The van der Waals surface area contributed by atoms with Crippen LogP contribution in [0.1, 0.15) is 57.3 Å². The van der Waals surface area contributed by atoms with Crippen LogP contribution in [-0.2, 0) is 0 Å². The molecule has 0 aliphatic heterocycles. The first kappa shape index (κ1) is 16.0. The number of nitrogens with zero attached hydrogens (tertiary/aromatic N) is 2. The van der Waals surface area contributed by atoms with E-state index in [-0.39, 0.29) is 12.6 Å². The lowest BCUT2D eigenvalue weighted by Gasteiger charge is -2.24. The maximum atomic E-state index is 9.24. The van der Waals surface area contributed by atoms with Crippen molar-refractivity contribution in [1.29, 1.82) is 0 Å². The largest absolute Gasteiger partial charge is 0.396 e. The molecule has 1 aliphatic carbocycles. The van der Waals surface area contributed by atoms with Gasteiger partial charge in [0.2, 0.25) is 0 Å². The summed E-state index contributed by atoms with van der Waals surface area (Å²) in [6.45, 7) is 9.50. The van der Waals surface area contributed by atoms with Crippen LogP contribution < -0.4 is 10.6 Å². The van der Waals surface area contributed by atoms with Crippen molar-refractivity contribution in [3.8, 4) is 0 Å². The molecule has 1 unspecified atom stereocenters. The molecule has 118 valence electrons. The number of hydrogen-bond donors (Lipinski definition) is 3. The monoisotopic (exact) mass is 292 g/mol. The van der Waals surface area contributed by atoms with Gasteiger partial charge in [0.25, 0.3) is 0 Å². The molecule has 1 heterocycles. The molecule has 0 bridgehead atoms. The molecule has 3 N–H and O–H groups in total. The zero-order valence-corrected chi connectivity index (χ0v) is 13.6. The van der Waals surface area contributed by atoms with Gasteiger partial charge in [0.05, 0.1) is 0 Å². The Morgan fingerprint density at radius 2 is 1.90 bits per heavy atom. The van der Waals surface area contributed by atoms with Gasteiger partial charge in [-0.05, 0) is 39.0 Å². The summed E-state index contributed by atoms with van der Waals surface area (Å²) in [5.41, 5.74) is 1.06. The predicted molar refractivity (Wildman–Crippen MR) is 86.9 cm³/mol. The van der Waals surface area contributed by atoms with Crippen LogP contribution in [0.3, 0.4) is 0 Å². The Morgan fingerprint density at radius 3 is 2.43 bits per heavy atom. The highest BCUT2D eigenvalue weighted by Crippen LogP contribution is 2.39. The highest BCUT2D eigenvalue weighted by atomic mass is 16.3. The third kappa shape index (κ3) is 4.06. The predicted octanol–water partition coefficient (Wildman–Crippen LogP) is 2.91. The van der Waals surface area contributed by atoms with E-state index in [9.17, 15) is 5.11 Å². The van der Waals surface area contributed by atoms with Crippen LogP contribution >= 0.6 is 0 Å². The Balaban J connectivity index is 2.27. The van der Waals surface area contributed by atoms with Crippen LogP contribution in [0.2, 0.25) is 0 Å². The first-order valence-electron chi connectivity index (χ1n) is 8.06. The molecule has 2 rings (SSSR count). The van der Waals surface area contributed by atoms with E-state index in [4.69, 9.17) is 4.98 Å². The highest BCUT2D eigenvalue weighted by Gasteiger charge is 2.28. The number of anilines is 2. The lowest BCUT2D eigenvalue weighted by molar-refractivity contribution is 0.267. The SMILES string of the molecule is CCNc1nc(C2CC2)nc(NC(CCO)C(C)C)c1C. The Morgan fingerprint density at radius 1 is 1.24 bits per heavy atom. The van der Waals surface area contributed by atoms with Crippen molar-refractivity contribution in [2.24, 2.45) is 5.92 Å². The van der Waals surface area contributed by atoms with Gasteiger partial charge >= 0.3 is 0 Å². The van der Waals surface area contributed by atoms with Gasteiger partial charge in [0.1, 0.15) is 17.5 Å². The highest BCUT2D eigenvalue weighted by molar-refractivity contribution is 5.58. The van der Waals surface area contributed by atoms with Gasteiger partial charge in [-0.15, -0.1) is 0 Å². The van der Waals surface area contributed by atoms with Crippen molar-refractivity contribution < 1.29 is 5.11 Å². The molecule has 0 aromatic carbocycles. The number of aromatic nitrogens is 2. The average Bonchev–Trinajstić information content (AvgIpc) is 3.26. The molecule has 0 saturated heterocycles. The van der Waals surface area contributed by atoms with Crippen LogP contribution in [-0.4, -0.2) is 34.3 Å². The summed E-state index contributed by atoms with van der Waals surface area (Å²) in [4.78, 5) is 9.41. The number of hydrogen-bond acceptors (Lipinski definition) is 5. The van der Waals surface area contributed by atoms with Gasteiger partial charge in [0.15, 0.2) is 0 Å². The van der Waals surface area contributed by atoms with E-state index >= 15 is 0 Å². The van der Waals surface area contributed by atoms with Gasteiger partial charge in [-0.3, -0.25) is 0 Å². The zero-order chi connectivity index (χ0) is 15.4. The summed E-state index contributed by atoms with van der Waals surface area (Å²) in [6.07, 6.45) is 3.12. The zero-order valence-electron chi connectivity index (χ0n) is 13.6. The number of nitrogens with one attached hydrogen (secondary N) is 2. The normalized spacial score (nSPS) is 16.1. The second-order valence-electron chi connectivity index (χ2n) is 6.22. The van der Waals surface area contributed by atoms with Crippen LogP contribution in [0.4, 0.5) is 11.6 Å². The summed E-state index contributed by atoms with van der Waals surface area (Å²) >= 11 is 0. The van der Waals surface area contributed by atoms with Gasteiger partial charge in [-0.2, -0.15) is 0 Å². The van der Waals surface area contributed by atoms with Gasteiger partial charge < -0.3 is 15.7 Å². The van der Waals surface area contributed by atoms with E-state index in [1.54, 1.807) is 0 Å². The van der Waals surface area contributed by atoms with Gasteiger partial charge in [-0.1, -0.05) is 13.8 Å². The number of rotatable bonds is 8. The van der Waals surface area contributed by atoms with Crippen LogP contribution in [0, 0.1) is 12.8 Å². The van der Waals surface area contributed by atoms with Crippen LogP contribution in [0.15, 0.2) is 0 Å². The summed E-state index contributed by atoms with van der Waals surface area (Å²) in [5, 5.41) is 16.1. The second kappa shape index (κ2) is 7.07. The summed E-state index contributed by atoms with van der Waals surface area (Å²) in [5.74, 6) is 3.77. The van der Waals surface area contributed by atoms with Crippen molar-refractivity contribution >= 4 is 11.6 Å². The maximum absolute atomic E-state index is 9.24. The van der Waals surface area contributed by atoms with E-state index in [0.29, 0.717) is 11.8 Å². The van der Waals surface area contributed by atoms with E-state index in [2.05, 4.69) is 36.4 Å². The van der Waals surface area contributed by atoms with Gasteiger partial charge in [-0.25, -0.2) is 9.97 Å². The molecule has 0 amide bonds. The molecule has 21 heavy (non-hydrogen) atoms. The molecule has 0 spiro atoms. The third-order valence-corrected chi connectivity index (χ3v) is 4.02. The van der Waals surface area contributed by atoms with E-state index in [1.165, 1.54) is 12.8 Å². The lowest BCUT2D eigenvalue weighted by Crippen LogP contribution is -2.28. The van der Waals surface area contributed by atoms with E-state index < -0.39 is 0 Å². The quantitative estimate of drug-likeness (QED) is 0.687. The lowest BCUT2D eigenvalue weighted by atomic mass is 10.0. The minimum Gasteiger partial charge on any atom is -0.396 e. The summed E-state index contributed by atoms with van der Waals surface area (Å²) in [6, 6.07) is 0.227. The van der Waals surface area contributed by atoms with Crippen molar-refractivity contribution in [3.05, 3.63) is 11.4 Å². The fraction of sp³-hybridized carbons (Fsp3) is 0.750. The topological polar surface area (TPSA) is 70.1 Å². The maximum Gasteiger partial charge on any atom is 0.136 e. The molecular formula is C16H28N4O. The summed E-state index contributed by atoms with van der Waals surface area (Å²) in [7, 11) is 0. The standard InChI is InChI=1S/C16H28N4O/c1-5-17-14-11(4)15(18-13(8-9-21)10(2)3)20-16(19-14)12-6-7-12/h10,12-13,21H,5-9H2,1-4H3,(H2,17,18,19,20). The van der Waals surface area contributed by atoms with Crippen LogP contribution in [0.5, 0.6) is 0 Å². The molecule has 0 radical (unpaired) electrons. The van der Waals surface area contributed by atoms with E-state index in [0.717, 1.165) is 36.0 Å². The summed E-state index contributed by atoms with van der Waals surface area (Å²) < 4.78 is 0. The van der Waals surface area contributed by atoms with Crippen molar-refractivity contribution in [1.82, 2.24) is 9.97 Å². The Kier molecular flexibility index (Phi) is 5.39. The molecule has 1 aromatic rings. The van der Waals surface area contributed by atoms with Gasteiger partial charge in [0, 0.05) is 30.7 Å². The minimum atomic E-state index is 0.190. The van der Waals surface area contributed by atoms with Crippen molar-refractivity contribution in [3.63, 3.8) is 0 Å². The first-order valence-corrected chi connectivity index (χ1v) is 8.06. The third-order valence-electron chi connectivity index (χ3n) is 4.02. The Hall–Kier alpha value is -1.36. The van der Waals surface area contributed by atoms with Crippen LogP contribution in [0.25, 0.3) is 0 Å². The molecule has 1 fully saturated rings. The minimum absolute atomic E-state index is 0.190. The first-order chi connectivity index (χ1) is 10.1. The molecular weight excluding hydrogens is 264 g/mol. The van der Waals surface area contributed by atoms with Crippen molar-refractivity contribution in [2.75, 3.05) is 23.8 Å².